The van der Waals surface area contributed by atoms with Gasteiger partial charge >= 0.3 is 0 Å². The molecule has 23 heavy (non-hydrogen) atoms. The van der Waals surface area contributed by atoms with E-state index in [2.05, 4.69) is 6.07 Å². The smallest absolute Gasteiger partial charge is 0.156 e. The number of aliphatic hydroxyl groups is 1. The highest BCUT2D eigenvalue weighted by Crippen LogP contribution is 2.61. The summed E-state index contributed by atoms with van der Waals surface area (Å²) < 4.78 is 0. The highest BCUT2D eigenvalue weighted by molar-refractivity contribution is 5.93. The van der Waals surface area contributed by atoms with E-state index in [-0.39, 0.29) is 11.5 Å². The van der Waals surface area contributed by atoms with E-state index in [0.717, 1.165) is 51.4 Å². The molecule has 4 aliphatic carbocycles. The van der Waals surface area contributed by atoms with Crippen molar-refractivity contribution in [2.45, 2.75) is 70.3 Å². The maximum absolute atomic E-state index is 11.7. The third kappa shape index (κ3) is 2.22. The van der Waals surface area contributed by atoms with E-state index < -0.39 is 0 Å². The minimum atomic E-state index is -0.225. The van der Waals surface area contributed by atoms with Crippen molar-refractivity contribution in [3.05, 3.63) is 22.8 Å². The van der Waals surface area contributed by atoms with Gasteiger partial charge in [0.25, 0.3) is 0 Å². The Morgan fingerprint density at radius 1 is 1.22 bits per heavy atom. The van der Waals surface area contributed by atoms with Gasteiger partial charge in [-0.2, -0.15) is 5.26 Å². The zero-order valence-corrected chi connectivity index (χ0v) is 13.7. The van der Waals surface area contributed by atoms with Crippen LogP contribution in [0.3, 0.4) is 0 Å². The molecular formula is C20H25NO2. The van der Waals surface area contributed by atoms with Crippen LogP contribution in [0.2, 0.25) is 0 Å². The maximum atomic E-state index is 11.7. The Labute approximate surface area is 138 Å². The molecule has 0 aromatic rings. The summed E-state index contributed by atoms with van der Waals surface area (Å²) in [5.74, 6) is 1.42. The Morgan fingerprint density at radius 2 is 2.09 bits per heavy atom. The van der Waals surface area contributed by atoms with Crippen LogP contribution in [-0.4, -0.2) is 17.0 Å². The molecule has 2 fully saturated rings. The number of nitriles is 1. The van der Waals surface area contributed by atoms with Gasteiger partial charge in [-0.15, -0.1) is 0 Å². The van der Waals surface area contributed by atoms with Gasteiger partial charge in [0.1, 0.15) is 0 Å². The summed E-state index contributed by atoms with van der Waals surface area (Å²) in [4.78, 5) is 11.7. The molecule has 4 rings (SSSR count). The summed E-state index contributed by atoms with van der Waals surface area (Å²) in [5.41, 5.74) is 4.37. The van der Waals surface area contributed by atoms with Gasteiger partial charge in [0.05, 0.1) is 12.2 Å². The van der Waals surface area contributed by atoms with Gasteiger partial charge in [-0.25, -0.2) is 0 Å². The SMILES string of the molecule is N#CCC[C@]12CCC3=C4CCC(=O)C=C4CC[C@H]3[C@@H]1CCC2O. The van der Waals surface area contributed by atoms with Crippen molar-refractivity contribution in [1.29, 1.82) is 5.26 Å². The van der Waals surface area contributed by atoms with Crippen LogP contribution in [0.15, 0.2) is 22.8 Å². The molecule has 4 aliphatic rings. The third-order valence-corrected chi connectivity index (χ3v) is 7.11. The second-order valence-corrected chi connectivity index (χ2v) is 7.88. The number of hydrogen-bond donors (Lipinski definition) is 1. The number of hydrogen-bond acceptors (Lipinski definition) is 3. The standard InChI is InChI=1S/C20H25NO2/c21-11-1-9-20-10-8-16-15-5-3-14(22)12-13(15)2-4-17(16)18(20)6-7-19(20)23/h12,17-19,23H,1-10H2/t17-,18+,19?,20+/m1/s1. The first-order valence-electron chi connectivity index (χ1n) is 9.16. The number of nitrogens with zero attached hydrogens (tertiary/aromatic N) is 1. The van der Waals surface area contributed by atoms with Gasteiger partial charge < -0.3 is 5.11 Å². The number of rotatable bonds is 2. The fourth-order valence-electron chi connectivity index (χ4n) is 6.09. The summed E-state index contributed by atoms with van der Waals surface area (Å²) in [7, 11) is 0. The highest BCUT2D eigenvalue weighted by Gasteiger charge is 2.55. The van der Waals surface area contributed by atoms with E-state index in [1.807, 2.05) is 6.08 Å². The number of aliphatic hydroxyl groups excluding tert-OH is 1. The van der Waals surface area contributed by atoms with Gasteiger partial charge in [-0.3, -0.25) is 4.79 Å². The van der Waals surface area contributed by atoms with Gasteiger partial charge in [0.15, 0.2) is 5.78 Å². The number of allylic oxidation sites excluding steroid dienone is 4. The third-order valence-electron chi connectivity index (χ3n) is 7.11. The predicted octanol–water partition coefficient (Wildman–Crippen LogP) is 3.84. The molecule has 0 saturated heterocycles. The number of fused-ring (bicyclic) bond motifs is 4. The highest BCUT2D eigenvalue weighted by atomic mass is 16.3. The molecule has 0 heterocycles. The van der Waals surface area contributed by atoms with E-state index in [9.17, 15) is 9.90 Å². The number of ketones is 1. The van der Waals surface area contributed by atoms with E-state index in [0.29, 0.717) is 30.5 Å². The summed E-state index contributed by atoms with van der Waals surface area (Å²) in [6.45, 7) is 0. The first-order chi connectivity index (χ1) is 11.2. The lowest BCUT2D eigenvalue weighted by molar-refractivity contribution is -0.114. The first-order valence-corrected chi connectivity index (χ1v) is 9.16. The summed E-state index contributed by atoms with van der Waals surface area (Å²) in [5, 5.41) is 19.7. The Kier molecular flexibility index (Phi) is 3.69. The zero-order valence-electron chi connectivity index (χ0n) is 13.7. The Bertz CT molecular complexity index is 639. The van der Waals surface area contributed by atoms with Crippen LogP contribution in [0.1, 0.15) is 64.2 Å². The van der Waals surface area contributed by atoms with E-state index in [4.69, 9.17) is 5.26 Å². The molecule has 0 radical (unpaired) electrons. The summed E-state index contributed by atoms with van der Waals surface area (Å²) in [6.07, 6.45) is 10.9. The van der Waals surface area contributed by atoms with E-state index in [1.54, 1.807) is 5.57 Å². The van der Waals surface area contributed by atoms with Crippen LogP contribution < -0.4 is 0 Å². The fourth-order valence-corrected chi connectivity index (χ4v) is 6.09. The molecule has 0 aliphatic heterocycles. The van der Waals surface area contributed by atoms with Crippen molar-refractivity contribution in [2.24, 2.45) is 17.3 Å². The molecule has 0 aromatic heterocycles. The van der Waals surface area contributed by atoms with Crippen molar-refractivity contribution < 1.29 is 9.90 Å². The summed E-state index contributed by atoms with van der Waals surface area (Å²) >= 11 is 0. The average Bonchev–Trinajstić information content (AvgIpc) is 2.89. The minimum Gasteiger partial charge on any atom is -0.393 e. The van der Waals surface area contributed by atoms with E-state index in [1.165, 1.54) is 11.1 Å². The van der Waals surface area contributed by atoms with E-state index >= 15 is 0 Å². The average molecular weight is 311 g/mol. The van der Waals surface area contributed by atoms with Gasteiger partial charge in [-0.05, 0) is 80.4 Å². The lowest BCUT2D eigenvalue weighted by Gasteiger charge is -2.50. The predicted molar refractivity (Wildman–Crippen MR) is 87.3 cm³/mol. The summed E-state index contributed by atoms with van der Waals surface area (Å²) in [6, 6.07) is 2.30. The Morgan fingerprint density at radius 3 is 2.91 bits per heavy atom. The lowest BCUT2D eigenvalue weighted by atomic mass is 9.55. The van der Waals surface area contributed by atoms with Crippen LogP contribution >= 0.6 is 0 Å². The van der Waals surface area contributed by atoms with Crippen molar-refractivity contribution in [3.63, 3.8) is 0 Å². The molecule has 2 saturated carbocycles. The quantitative estimate of drug-likeness (QED) is 0.843. The molecule has 1 N–H and O–H groups in total. The second-order valence-electron chi connectivity index (χ2n) is 7.88. The van der Waals surface area contributed by atoms with Crippen molar-refractivity contribution in [1.82, 2.24) is 0 Å². The van der Waals surface area contributed by atoms with Gasteiger partial charge in [0.2, 0.25) is 0 Å². The van der Waals surface area contributed by atoms with Crippen molar-refractivity contribution in [2.75, 3.05) is 0 Å². The largest absolute Gasteiger partial charge is 0.393 e. The normalized spacial score (nSPS) is 39.2. The minimum absolute atomic E-state index is 0.0177. The van der Waals surface area contributed by atoms with Crippen LogP contribution in [0.25, 0.3) is 0 Å². The molecular weight excluding hydrogens is 286 g/mol. The lowest BCUT2D eigenvalue weighted by Crippen LogP contribution is -2.44. The number of carbonyl (C=O) groups is 1. The monoisotopic (exact) mass is 311 g/mol. The molecule has 1 unspecified atom stereocenters. The number of carbonyl (C=O) groups excluding carboxylic acids is 1. The molecule has 0 spiro atoms. The fraction of sp³-hybridized carbons (Fsp3) is 0.700. The van der Waals surface area contributed by atoms with Crippen molar-refractivity contribution >= 4 is 5.78 Å². The molecule has 3 nitrogen and oxygen atoms in total. The van der Waals surface area contributed by atoms with Crippen LogP contribution in [0.4, 0.5) is 0 Å². The Balaban J connectivity index is 1.70. The van der Waals surface area contributed by atoms with Crippen molar-refractivity contribution in [3.8, 4) is 6.07 Å². The molecule has 0 amide bonds. The zero-order chi connectivity index (χ0) is 16.0. The molecule has 4 atom stereocenters. The molecule has 122 valence electrons. The topological polar surface area (TPSA) is 61.1 Å². The van der Waals surface area contributed by atoms with Crippen LogP contribution in [-0.2, 0) is 4.79 Å². The van der Waals surface area contributed by atoms with Gasteiger partial charge in [-0.1, -0.05) is 5.57 Å². The second kappa shape index (κ2) is 5.60. The maximum Gasteiger partial charge on any atom is 0.156 e. The molecule has 0 aromatic carbocycles. The first kappa shape index (κ1) is 15.1. The van der Waals surface area contributed by atoms with Crippen LogP contribution in [0.5, 0.6) is 0 Å². The Hall–Kier alpha value is -1.40. The molecule has 3 heteroatoms. The van der Waals surface area contributed by atoms with Gasteiger partial charge in [0, 0.05) is 18.3 Å². The van der Waals surface area contributed by atoms with Crippen LogP contribution in [0, 0.1) is 28.6 Å². The molecule has 0 bridgehead atoms.